The first-order valence-electron chi connectivity index (χ1n) is 7.79. The fourth-order valence-electron chi connectivity index (χ4n) is 1.91. The first-order chi connectivity index (χ1) is 10.3. The highest BCUT2D eigenvalue weighted by Gasteiger charge is 2.00. The molecule has 0 bridgehead atoms. The van der Waals surface area contributed by atoms with Gasteiger partial charge in [-0.2, -0.15) is 0 Å². The zero-order chi connectivity index (χ0) is 16.1. The van der Waals surface area contributed by atoms with Crippen LogP contribution in [0.5, 0.6) is 0 Å². The predicted molar refractivity (Wildman–Crippen MR) is 98.4 cm³/mol. The van der Waals surface area contributed by atoms with E-state index >= 15 is 0 Å². The average molecular weight is 280 g/mol. The lowest BCUT2D eigenvalue weighted by atomic mass is 9.99. The van der Waals surface area contributed by atoms with Gasteiger partial charge < -0.3 is 0 Å². The van der Waals surface area contributed by atoms with Crippen molar-refractivity contribution in [2.75, 3.05) is 0 Å². The van der Waals surface area contributed by atoms with Crippen molar-refractivity contribution in [3.63, 3.8) is 0 Å². The second kappa shape index (κ2) is 11.7. The molecule has 0 aliphatic carbocycles. The van der Waals surface area contributed by atoms with Gasteiger partial charge in [0.15, 0.2) is 0 Å². The second-order valence-electron chi connectivity index (χ2n) is 3.89. The van der Waals surface area contributed by atoms with E-state index in [0.29, 0.717) is 0 Å². The number of hydrogen-bond acceptors (Lipinski definition) is 0. The molecule has 0 fully saturated rings. The molecule has 2 aromatic carbocycles. The van der Waals surface area contributed by atoms with E-state index < -0.39 is 0 Å². The summed E-state index contributed by atoms with van der Waals surface area (Å²) < 4.78 is 0. The summed E-state index contributed by atoms with van der Waals surface area (Å²) in [5.41, 5.74) is 4.87. The van der Waals surface area contributed by atoms with Gasteiger partial charge in [0.25, 0.3) is 0 Å². The molecule has 0 aromatic heterocycles. The van der Waals surface area contributed by atoms with Gasteiger partial charge in [0.1, 0.15) is 0 Å². The lowest BCUT2D eigenvalue weighted by Crippen LogP contribution is -1.83. The SMILES string of the molecule is C=C/C(=C\C)c1cccc(-c2ccccc2)c1.CC.CC. The van der Waals surface area contributed by atoms with E-state index in [0.717, 1.165) is 0 Å². The Kier molecular flexibility index (Phi) is 10.6. The number of rotatable bonds is 3. The molecule has 0 N–H and O–H groups in total. The molecule has 0 radical (unpaired) electrons. The van der Waals surface area contributed by atoms with Crippen molar-refractivity contribution in [2.24, 2.45) is 0 Å². The third kappa shape index (κ3) is 5.83. The molecule has 0 unspecified atom stereocenters. The molecule has 0 heterocycles. The summed E-state index contributed by atoms with van der Waals surface area (Å²) in [5, 5.41) is 0. The zero-order valence-corrected chi connectivity index (χ0v) is 14.1. The van der Waals surface area contributed by atoms with E-state index in [9.17, 15) is 0 Å². The van der Waals surface area contributed by atoms with Crippen LogP contribution in [0.1, 0.15) is 40.2 Å². The molecule has 2 aromatic rings. The van der Waals surface area contributed by atoms with E-state index in [-0.39, 0.29) is 0 Å². The predicted octanol–water partition coefficient (Wildman–Crippen LogP) is 7.00. The highest BCUT2D eigenvalue weighted by molar-refractivity contribution is 5.77. The van der Waals surface area contributed by atoms with Gasteiger partial charge in [-0.3, -0.25) is 0 Å². The van der Waals surface area contributed by atoms with E-state index in [1.807, 2.05) is 46.8 Å². The molecule has 0 heteroatoms. The minimum atomic E-state index is 1.17. The van der Waals surface area contributed by atoms with Crippen LogP contribution in [0, 0.1) is 0 Å². The standard InChI is InChI=1S/C17H16.2C2H6/c1-3-14(4-2)16-11-8-12-17(13-16)15-9-6-5-7-10-15;2*1-2/h3-13H,1H2,2H3;2*1-2H3/b14-4+;;. The molecule has 0 aliphatic rings. The van der Waals surface area contributed by atoms with Crippen LogP contribution in [-0.4, -0.2) is 0 Å². The van der Waals surface area contributed by atoms with Crippen molar-refractivity contribution in [2.45, 2.75) is 34.6 Å². The molecular weight excluding hydrogens is 252 g/mol. The van der Waals surface area contributed by atoms with E-state index in [1.165, 1.54) is 22.3 Å². The quantitative estimate of drug-likeness (QED) is 0.531. The smallest absolute Gasteiger partial charge is 0.0178 e. The molecule has 2 rings (SSSR count). The zero-order valence-electron chi connectivity index (χ0n) is 14.1. The molecule has 21 heavy (non-hydrogen) atoms. The lowest BCUT2D eigenvalue weighted by molar-refractivity contribution is 1.50. The van der Waals surface area contributed by atoms with Gasteiger partial charge in [0.2, 0.25) is 0 Å². The van der Waals surface area contributed by atoms with Crippen LogP contribution in [0.4, 0.5) is 0 Å². The summed E-state index contributed by atoms with van der Waals surface area (Å²) in [7, 11) is 0. The third-order valence-electron chi connectivity index (χ3n) is 2.83. The van der Waals surface area contributed by atoms with Crippen molar-refractivity contribution in [3.05, 3.63) is 78.9 Å². The van der Waals surface area contributed by atoms with Crippen molar-refractivity contribution in [3.8, 4) is 11.1 Å². The maximum absolute atomic E-state index is 3.84. The maximum atomic E-state index is 3.84. The molecule has 0 atom stereocenters. The molecule has 0 amide bonds. The van der Waals surface area contributed by atoms with Crippen LogP contribution >= 0.6 is 0 Å². The largest absolute Gasteiger partial charge is 0.0985 e. The fourth-order valence-corrected chi connectivity index (χ4v) is 1.91. The summed E-state index contributed by atoms with van der Waals surface area (Å²) in [4.78, 5) is 0. The number of hydrogen-bond donors (Lipinski definition) is 0. The first kappa shape index (κ1) is 18.9. The van der Waals surface area contributed by atoms with Gasteiger partial charge in [0, 0.05) is 0 Å². The van der Waals surface area contributed by atoms with Crippen LogP contribution in [0.25, 0.3) is 16.7 Å². The Morgan fingerprint density at radius 2 is 1.38 bits per heavy atom. The topological polar surface area (TPSA) is 0 Å². The van der Waals surface area contributed by atoms with Crippen LogP contribution in [0.15, 0.2) is 73.3 Å². The summed E-state index contributed by atoms with van der Waals surface area (Å²) >= 11 is 0. The monoisotopic (exact) mass is 280 g/mol. The van der Waals surface area contributed by atoms with Gasteiger partial charge >= 0.3 is 0 Å². The van der Waals surface area contributed by atoms with Crippen molar-refractivity contribution in [1.29, 1.82) is 0 Å². The molecular formula is C21H28. The Hall–Kier alpha value is -2.08. The average Bonchev–Trinajstić information content (AvgIpc) is 2.61. The Morgan fingerprint density at radius 1 is 0.810 bits per heavy atom. The van der Waals surface area contributed by atoms with Crippen LogP contribution in [0.3, 0.4) is 0 Å². The normalized spacial score (nSPS) is 9.67. The Labute approximate surface area is 130 Å². The van der Waals surface area contributed by atoms with Gasteiger partial charge in [-0.15, -0.1) is 0 Å². The number of allylic oxidation sites excluding steroid dienone is 3. The minimum Gasteiger partial charge on any atom is -0.0985 e. The highest BCUT2D eigenvalue weighted by atomic mass is 14.0. The molecule has 0 saturated heterocycles. The van der Waals surface area contributed by atoms with E-state index in [4.69, 9.17) is 0 Å². The van der Waals surface area contributed by atoms with E-state index in [2.05, 4.69) is 61.2 Å². The minimum absolute atomic E-state index is 1.17. The fraction of sp³-hybridized carbons (Fsp3) is 0.238. The summed E-state index contributed by atoms with van der Waals surface area (Å²) in [6, 6.07) is 19.0. The van der Waals surface area contributed by atoms with Crippen molar-refractivity contribution in [1.82, 2.24) is 0 Å². The number of benzene rings is 2. The van der Waals surface area contributed by atoms with Gasteiger partial charge in [-0.05, 0) is 35.3 Å². The Balaban J connectivity index is 0.000000921. The molecule has 0 aliphatic heterocycles. The second-order valence-corrected chi connectivity index (χ2v) is 3.89. The van der Waals surface area contributed by atoms with Crippen molar-refractivity contribution < 1.29 is 0 Å². The van der Waals surface area contributed by atoms with Gasteiger partial charge in [-0.25, -0.2) is 0 Å². The third-order valence-corrected chi connectivity index (χ3v) is 2.83. The first-order valence-corrected chi connectivity index (χ1v) is 7.79. The van der Waals surface area contributed by atoms with Gasteiger partial charge in [-0.1, -0.05) is 95.0 Å². The molecule has 112 valence electrons. The molecule has 0 nitrogen and oxygen atoms in total. The van der Waals surface area contributed by atoms with Crippen LogP contribution in [-0.2, 0) is 0 Å². The maximum Gasteiger partial charge on any atom is -0.0178 e. The lowest BCUT2D eigenvalue weighted by Gasteiger charge is -2.06. The summed E-state index contributed by atoms with van der Waals surface area (Å²) in [5.74, 6) is 0. The van der Waals surface area contributed by atoms with Crippen LogP contribution in [0.2, 0.25) is 0 Å². The highest BCUT2D eigenvalue weighted by Crippen LogP contribution is 2.23. The Morgan fingerprint density at radius 3 is 1.90 bits per heavy atom. The van der Waals surface area contributed by atoms with Crippen molar-refractivity contribution >= 4 is 5.57 Å². The van der Waals surface area contributed by atoms with E-state index in [1.54, 1.807) is 0 Å². The van der Waals surface area contributed by atoms with Crippen LogP contribution < -0.4 is 0 Å². The summed E-state index contributed by atoms with van der Waals surface area (Å²) in [6.07, 6.45) is 3.97. The summed E-state index contributed by atoms with van der Waals surface area (Å²) in [6.45, 7) is 13.9. The van der Waals surface area contributed by atoms with Gasteiger partial charge in [0.05, 0.1) is 0 Å². The molecule has 0 spiro atoms. The Bertz CT molecular complexity index is 533. The molecule has 0 saturated carbocycles.